The number of ether oxygens (including phenoxy) is 1. The Hall–Kier alpha value is -1.81. The average molecular weight is 334 g/mol. The van der Waals surface area contributed by atoms with E-state index in [1.54, 1.807) is 7.11 Å². The number of halogens is 1. The Balaban J connectivity index is 2.11. The number of methoxy groups -OCH3 is 1. The third kappa shape index (κ3) is 3.39. The summed E-state index contributed by atoms with van der Waals surface area (Å²) in [4.78, 5) is 12.2. The molecule has 0 heterocycles. The molecule has 0 aliphatic heterocycles. The normalized spacial score (nSPS) is 10.2. The summed E-state index contributed by atoms with van der Waals surface area (Å²) < 4.78 is 6.16. The monoisotopic (exact) mass is 333 g/mol. The Morgan fingerprint density at radius 1 is 1.25 bits per heavy atom. The highest BCUT2D eigenvalue weighted by Gasteiger charge is 2.10. The molecule has 0 unspecified atom stereocenters. The van der Waals surface area contributed by atoms with E-state index in [2.05, 4.69) is 21.2 Å². The Kier molecular flexibility index (Phi) is 4.79. The maximum absolute atomic E-state index is 12.2. The minimum Gasteiger partial charge on any atom is -0.496 e. The summed E-state index contributed by atoms with van der Waals surface area (Å²) >= 11 is 3.38. The molecule has 20 heavy (non-hydrogen) atoms. The summed E-state index contributed by atoms with van der Waals surface area (Å²) in [6.45, 7) is 2.36. The van der Waals surface area contributed by atoms with Gasteiger partial charge in [-0.15, -0.1) is 0 Å². The van der Waals surface area contributed by atoms with E-state index in [0.29, 0.717) is 12.1 Å². The van der Waals surface area contributed by atoms with Gasteiger partial charge in [0.25, 0.3) is 5.91 Å². The molecule has 0 aliphatic rings. The molecular formula is C16H16BrNO2. The molecule has 0 aliphatic carbocycles. The van der Waals surface area contributed by atoms with E-state index in [1.165, 1.54) is 0 Å². The predicted octanol–water partition coefficient (Wildman–Crippen LogP) is 3.70. The van der Waals surface area contributed by atoms with Crippen LogP contribution in [-0.2, 0) is 6.54 Å². The van der Waals surface area contributed by atoms with Crippen LogP contribution in [0.2, 0.25) is 0 Å². The van der Waals surface area contributed by atoms with Gasteiger partial charge in [-0.25, -0.2) is 0 Å². The van der Waals surface area contributed by atoms with Crippen molar-refractivity contribution < 1.29 is 9.53 Å². The second-order valence-corrected chi connectivity index (χ2v) is 5.37. The topological polar surface area (TPSA) is 38.3 Å². The fraction of sp³-hybridized carbons (Fsp3) is 0.188. The zero-order valence-corrected chi connectivity index (χ0v) is 13.0. The SMILES string of the molecule is COc1ccccc1CNC(=O)c1cc(Br)ccc1C. The van der Waals surface area contributed by atoms with E-state index in [9.17, 15) is 4.79 Å². The van der Waals surface area contributed by atoms with Crippen molar-refractivity contribution in [1.29, 1.82) is 0 Å². The second kappa shape index (κ2) is 6.57. The van der Waals surface area contributed by atoms with Gasteiger partial charge >= 0.3 is 0 Å². The number of para-hydroxylation sites is 1. The molecule has 0 radical (unpaired) electrons. The van der Waals surface area contributed by atoms with Gasteiger partial charge in [0.15, 0.2) is 0 Å². The van der Waals surface area contributed by atoms with Crippen LogP contribution in [0, 0.1) is 6.92 Å². The first-order valence-electron chi connectivity index (χ1n) is 6.28. The summed E-state index contributed by atoms with van der Waals surface area (Å²) in [5, 5.41) is 2.92. The Bertz CT molecular complexity index is 626. The Morgan fingerprint density at radius 3 is 2.75 bits per heavy atom. The van der Waals surface area contributed by atoms with E-state index in [0.717, 1.165) is 21.3 Å². The number of aryl methyl sites for hydroxylation is 1. The van der Waals surface area contributed by atoms with Gasteiger partial charge in [-0.1, -0.05) is 40.2 Å². The maximum Gasteiger partial charge on any atom is 0.251 e. The molecule has 4 heteroatoms. The first-order chi connectivity index (χ1) is 9.61. The van der Waals surface area contributed by atoms with Crippen molar-refractivity contribution in [3.8, 4) is 5.75 Å². The fourth-order valence-electron chi connectivity index (χ4n) is 1.96. The van der Waals surface area contributed by atoms with Crippen molar-refractivity contribution in [2.75, 3.05) is 7.11 Å². The van der Waals surface area contributed by atoms with Crippen molar-refractivity contribution in [2.24, 2.45) is 0 Å². The first kappa shape index (κ1) is 14.6. The van der Waals surface area contributed by atoms with Gasteiger partial charge in [0, 0.05) is 22.1 Å². The summed E-state index contributed by atoms with van der Waals surface area (Å²) in [6, 6.07) is 13.3. The molecule has 0 saturated carbocycles. The molecule has 0 spiro atoms. The molecule has 0 saturated heterocycles. The molecule has 2 aromatic carbocycles. The molecule has 3 nitrogen and oxygen atoms in total. The molecule has 2 aromatic rings. The van der Waals surface area contributed by atoms with Gasteiger partial charge in [0.2, 0.25) is 0 Å². The van der Waals surface area contributed by atoms with Crippen LogP contribution < -0.4 is 10.1 Å². The van der Waals surface area contributed by atoms with E-state index in [4.69, 9.17) is 4.74 Å². The third-order valence-electron chi connectivity index (χ3n) is 3.08. The second-order valence-electron chi connectivity index (χ2n) is 4.45. The zero-order chi connectivity index (χ0) is 14.5. The summed E-state index contributed by atoms with van der Waals surface area (Å²) in [5.74, 6) is 0.688. The van der Waals surface area contributed by atoms with E-state index < -0.39 is 0 Å². The molecule has 104 valence electrons. The van der Waals surface area contributed by atoms with Crippen LogP contribution in [0.15, 0.2) is 46.9 Å². The van der Waals surface area contributed by atoms with Crippen LogP contribution in [0.4, 0.5) is 0 Å². The molecule has 0 fully saturated rings. The minimum atomic E-state index is -0.0882. The highest BCUT2D eigenvalue weighted by atomic mass is 79.9. The highest BCUT2D eigenvalue weighted by Crippen LogP contribution is 2.18. The lowest BCUT2D eigenvalue weighted by Gasteiger charge is -2.11. The van der Waals surface area contributed by atoms with Gasteiger partial charge in [0.1, 0.15) is 5.75 Å². The summed E-state index contributed by atoms with van der Waals surface area (Å²) in [5.41, 5.74) is 2.58. The van der Waals surface area contributed by atoms with Crippen LogP contribution in [0.25, 0.3) is 0 Å². The average Bonchev–Trinajstić information content (AvgIpc) is 2.47. The lowest BCUT2D eigenvalue weighted by molar-refractivity contribution is 0.0950. The molecule has 0 aromatic heterocycles. The number of amides is 1. The number of carbonyl (C=O) groups excluding carboxylic acids is 1. The predicted molar refractivity (Wildman–Crippen MR) is 83.0 cm³/mol. The number of carbonyl (C=O) groups is 1. The standard InChI is InChI=1S/C16H16BrNO2/c1-11-7-8-13(17)9-14(11)16(19)18-10-12-5-3-4-6-15(12)20-2/h3-9H,10H2,1-2H3,(H,18,19). The van der Waals surface area contributed by atoms with Crippen molar-refractivity contribution in [1.82, 2.24) is 5.32 Å². The Labute approximate surface area is 127 Å². The molecule has 1 amide bonds. The van der Waals surface area contributed by atoms with Gasteiger partial charge in [-0.2, -0.15) is 0 Å². The minimum absolute atomic E-state index is 0.0882. The first-order valence-corrected chi connectivity index (χ1v) is 7.07. The highest BCUT2D eigenvalue weighted by molar-refractivity contribution is 9.10. The number of benzene rings is 2. The van der Waals surface area contributed by atoms with Crippen LogP contribution in [0.5, 0.6) is 5.75 Å². The van der Waals surface area contributed by atoms with Crippen molar-refractivity contribution >= 4 is 21.8 Å². The lowest BCUT2D eigenvalue weighted by Crippen LogP contribution is -2.23. The number of hydrogen-bond acceptors (Lipinski definition) is 2. The zero-order valence-electron chi connectivity index (χ0n) is 11.4. The molecule has 1 N–H and O–H groups in total. The Morgan fingerprint density at radius 2 is 2.00 bits per heavy atom. The van der Waals surface area contributed by atoms with E-state index in [1.807, 2.05) is 49.4 Å². The van der Waals surface area contributed by atoms with Gasteiger partial charge in [-0.3, -0.25) is 4.79 Å². The number of nitrogens with one attached hydrogen (secondary N) is 1. The summed E-state index contributed by atoms with van der Waals surface area (Å²) in [6.07, 6.45) is 0. The van der Waals surface area contributed by atoms with Crippen LogP contribution in [0.1, 0.15) is 21.5 Å². The maximum atomic E-state index is 12.2. The van der Waals surface area contributed by atoms with Gasteiger partial charge in [0.05, 0.1) is 7.11 Å². The third-order valence-corrected chi connectivity index (χ3v) is 3.57. The quantitative estimate of drug-likeness (QED) is 0.926. The van der Waals surface area contributed by atoms with E-state index in [-0.39, 0.29) is 5.91 Å². The van der Waals surface area contributed by atoms with Crippen molar-refractivity contribution in [3.05, 3.63) is 63.6 Å². The molecule has 0 bridgehead atoms. The number of hydrogen-bond donors (Lipinski definition) is 1. The number of rotatable bonds is 4. The van der Waals surface area contributed by atoms with E-state index >= 15 is 0 Å². The van der Waals surface area contributed by atoms with Crippen molar-refractivity contribution in [2.45, 2.75) is 13.5 Å². The van der Waals surface area contributed by atoms with Crippen LogP contribution in [0.3, 0.4) is 0 Å². The largest absolute Gasteiger partial charge is 0.496 e. The lowest BCUT2D eigenvalue weighted by atomic mass is 10.1. The van der Waals surface area contributed by atoms with Crippen LogP contribution in [-0.4, -0.2) is 13.0 Å². The molecule has 0 atom stereocenters. The molecule has 2 rings (SSSR count). The van der Waals surface area contributed by atoms with Crippen molar-refractivity contribution in [3.63, 3.8) is 0 Å². The van der Waals surface area contributed by atoms with Crippen LogP contribution >= 0.6 is 15.9 Å². The molecular weight excluding hydrogens is 318 g/mol. The summed E-state index contributed by atoms with van der Waals surface area (Å²) in [7, 11) is 1.62. The fourth-order valence-corrected chi connectivity index (χ4v) is 2.32. The van der Waals surface area contributed by atoms with Gasteiger partial charge in [-0.05, 0) is 30.7 Å². The smallest absolute Gasteiger partial charge is 0.251 e. The van der Waals surface area contributed by atoms with Gasteiger partial charge < -0.3 is 10.1 Å².